The Labute approximate surface area is 113 Å². The molecule has 1 aliphatic rings. The van der Waals surface area contributed by atoms with Crippen molar-refractivity contribution in [3.63, 3.8) is 0 Å². The van der Waals surface area contributed by atoms with Crippen LogP contribution in [0.1, 0.15) is 5.56 Å². The van der Waals surface area contributed by atoms with E-state index in [0.717, 1.165) is 18.2 Å². The van der Waals surface area contributed by atoms with Crippen LogP contribution >= 0.6 is 11.8 Å². The molecular weight excluding hydrogens is 302 g/mol. The van der Waals surface area contributed by atoms with E-state index in [9.17, 15) is 27.2 Å². The lowest BCUT2D eigenvalue weighted by Gasteiger charge is -2.11. The number of nitrogens with one attached hydrogen (secondary N) is 1. The summed E-state index contributed by atoms with van der Waals surface area (Å²) >= 11 is 0.530. The second-order valence-electron chi connectivity index (χ2n) is 3.58. The van der Waals surface area contributed by atoms with Gasteiger partial charge in [-0.25, -0.2) is 4.39 Å². The number of halogens is 4. The maximum Gasteiger partial charge on any atom is 0.573 e. The van der Waals surface area contributed by atoms with Gasteiger partial charge in [-0.1, -0.05) is 0 Å². The fourth-order valence-corrected chi connectivity index (χ4v) is 2.08. The lowest BCUT2D eigenvalue weighted by molar-refractivity contribution is -0.274. The maximum atomic E-state index is 13.0. The lowest BCUT2D eigenvalue weighted by Crippen LogP contribution is -2.18. The first-order chi connectivity index (χ1) is 9.24. The van der Waals surface area contributed by atoms with E-state index in [0.29, 0.717) is 17.8 Å². The molecule has 9 heteroatoms. The molecule has 106 valence electrons. The number of alkyl halides is 3. The van der Waals surface area contributed by atoms with Gasteiger partial charge in [0.25, 0.3) is 11.1 Å². The summed E-state index contributed by atoms with van der Waals surface area (Å²) in [6.45, 7) is 0. The average Bonchev–Trinajstić information content (AvgIpc) is 2.59. The number of hydrogen-bond acceptors (Lipinski definition) is 4. The normalized spacial score (nSPS) is 17.5. The summed E-state index contributed by atoms with van der Waals surface area (Å²) in [4.78, 5) is 22.1. The second kappa shape index (κ2) is 5.16. The zero-order valence-corrected chi connectivity index (χ0v) is 10.3. The van der Waals surface area contributed by atoms with E-state index >= 15 is 0 Å². The van der Waals surface area contributed by atoms with Crippen molar-refractivity contribution in [2.24, 2.45) is 0 Å². The minimum Gasteiger partial charge on any atom is -0.405 e. The van der Waals surface area contributed by atoms with Crippen LogP contribution in [0.4, 0.5) is 22.4 Å². The Balaban J connectivity index is 2.39. The van der Waals surface area contributed by atoms with Gasteiger partial charge in [-0.2, -0.15) is 0 Å². The Morgan fingerprint density at radius 3 is 2.50 bits per heavy atom. The van der Waals surface area contributed by atoms with Gasteiger partial charge >= 0.3 is 6.36 Å². The van der Waals surface area contributed by atoms with Crippen molar-refractivity contribution in [2.75, 3.05) is 0 Å². The maximum absolute atomic E-state index is 13.0. The minimum atomic E-state index is -5.00. The number of carbonyl (C=O) groups excluding carboxylic acids is 2. The van der Waals surface area contributed by atoms with E-state index in [1.165, 1.54) is 0 Å². The molecule has 2 amide bonds. The molecule has 2 rings (SSSR count). The van der Waals surface area contributed by atoms with Gasteiger partial charge in [-0.05, 0) is 30.0 Å². The topological polar surface area (TPSA) is 55.4 Å². The van der Waals surface area contributed by atoms with Crippen LogP contribution in [0.5, 0.6) is 5.75 Å². The highest BCUT2D eigenvalue weighted by atomic mass is 32.2. The molecule has 0 spiro atoms. The molecule has 1 aromatic carbocycles. The minimum absolute atomic E-state index is 0.103. The molecule has 0 atom stereocenters. The largest absolute Gasteiger partial charge is 0.573 e. The predicted octanol–water partition coefficient (Wildman–Crippen LogP) is 3.05. The molecule has 0 unspecified atom stereocenters. The zero-order valence-electron chi connectivity index (χ0n) is 9.45. The average molecular weight is 307 g/mol. The number of thioether (sulfide) groups is 1. The van der Waals surface area contributed by atoms with Crippen molar-refractivity contribution in [1.29, 1.82) is 0 Å². The summed E-state index contributed by atoms with van der Waals surface area (Å²) in [5, 5.41) is 1.31. The first-order valence-electron chi connectivity index (χ1n) is 5.05. The molecule has 0 saturated carbocycles. The third kappa shape index (κ3) is 3.50. The second-order valence-corrected chi connectivity index (χ2v) is 4.60. The Hall–Kier alpha value is -2.03. The highest BCUT2D eigenvalue weighted by molar-refractivity contribution is 8.18. The molecule has 0 radical (unpaired) electrons. The third-order valence-electron chi connectivity index (χ3n) is 2.13. The van der Waals surface area contributed by atoms with Crippen LogP contribution in [0.2, 0.25) is 0 Å². The van der Waals surface area contributed by atoms with E-state index in [4.69, 9.17) is 0 Å². The van der Waals surface area contributed by atoms with Gasteiger partial charge in [-0.15, -0.1) is 13.2 Å². The van der Waals surface area contributed by atoms with E-state index < -0.39 is 29.1 Å². The van der Waals surface area contributed by atoms with Crippen molar-refractivity contribution in [3.05, 3.63) is 34.5 Å². The summed E-state index contributed by atoms with van der Waals surface area (Å²) in [5.41, 5.74) is -0.170. The van der Waals surface area contributed by atoms with Crippen molar-refractivity contribution in [3.8, 4) is 5.75 Å². The fourth-order valence-electron chi connectivity index (χ4n) is 1.40. The smallest absolute Gasteiger partial charge is 0.405 e. The standard InChI is InChI=1S/C11H5F4NO3S/c12-6-2-1-5(7(4-6)19-11(13,14)15)3-8-9(17)16-10(18)20-8/h1-4H,(H,16,17,18)/b8-3+. The van der Waals surface area contributed by atoms with Crippen LogP contribution in [-0.4, -0.2) is 17.5 Å². The number of carbonyl (C=O) groups is 2. The monoisotopic (exact) mass is 307 g/mol. The van der Waals surface area contributed by atoms with Crippen molar-refractivity contribution < 1.29 is 31.9 Å². The Bertz CT molecular complexity index is 612. The number of ether oxygens (including phenoxy) is 1. The van der Waals surface area contributed by atoms with E-state index in [2.05, 4.69) is 4.74 Å². The first-order valence-corrected chi connectivity index (χ1v) is 5.86. The van der Waals surface area contributed by atoms with Gasteiger partial charge in [0.1, 0.15) is 11.6 Å². The van der Waals surface area contributed by atoms with E-state index in [1.807, 2.05) is 5.32 Å². The van der Waals surface area contributed by atoms with Crippen molar-refractivity contribution in [2.45, 2.75) is 6.36 Å². The van der Waals surface area contributed by atoms with E-state index in [1.54, 1.807) is 0 Å². The van der Waals surface area contributed by atoms with Crippen LogP contribution in [-0.2, 0) is 4.79 Å². The van der Waals surface area contributed by atoms with Crippen LogP contribution in [0, 0.1) is 5.82 Å². The van der Waals surface area contributed by atoms with E-state index in [-0.39, 0.29) is 10.5 Å². The summed E-state index contributed by atoms with van der Waals surface area (Å²) < 4.78 is 53.2. The molecule has 4 nitrogen and oxygen atoms in total. The van der Waals surface area contributed by atoms with Gasteiger partial charge in [0, 0.05) is 11.6 Å². The highest BCUT2D eigenvalue weighted by Crippen LogP contribution is 2.32. The first kappa shape index (κ1) is 14.4. The number of rotatable bonds is 2. The predicted molar refractivity (Wildman–Crippen MR) is 62.2 cm³/mol. The molecule has 1 N–H and O–H groups in total. The molecule has 1 aromatic rings. The number of imide groups is 1. The van der Waals surface area contributed by atoms with Gasteiger partial charge in [0.15, 0.2) is 0 Å². The van der Waals surface area contributed by atoms with Crippen molar-refractivity contribution >= 4 is 29.0 Å². The van der Waals surface area contributed by atoms with Gasteiger partial charge in [0.2, 0.25) is 0 Å². The lowest BCUT2D eigenvalue weighted by atomic mass is 10.2. The summed E-state index contributed by atoms with van der Waals surface area (Å²) in [5.74, 6) is -2.45. The van der Waals surface area contributed by atoms with Gasteiger partial charge in [-0.3, -0.25) is 14.9 Å². The van der Waals surface area contributed by atoms with Gasteiger partial charge in [0.05, 0.1) is 4.91 Å². The Morgan fingerprint density at radius 1 is 1.25 bits per heavy atom. The Morgan fingerprint density at radius 2 is 1.95 bits per heavy atom. The summed E-state index contributed by atoms with van der Waals surface area (Å²) in [6.07, 6.45) is -3.98. The Kier molecular flexibility index (Phi) is 3.71. The van der Waals surface area contributed by atoms with Crippen LogP contribution in [0.15, 0.2) is 23.1 Å². The molecule has 1 fully saturated rings. The van der Waals surface area contributed by atoms with Gasteiger partial charge < -0.3 is 4.74 Å². The molecule has 0 bridgehead atoms. The third-order valence-corrected chi connectivity index (χ3v) is 2.94. The van der Waals surface area contributed by atoms with Crippen molar-refractivity contribution in [1.82, 2.24) is 5.32 Å². The summed E-state index contributed by atoms with van der Waals surface area (Å²) in [7, 11) is 0. The highest BCUT2D eigenvalue weighted by Gasteiger charge is 2.32. The molecule has 1 heterocycles. The zero-order chi connectivity index (χ0) is 14.9. The molecule has 0 aromatic heterocycles. The number of hydrogen-bond donors (Lipinski definition) is 1. The molecule has 20 heavy (non-hydrogen) atoms. The van der Waals surface area contributed by atoms with Crippen LogP contribution < -0.4 is 10.1 Å². The van der Waals surface area contributed by atoms with Crippen LogP contribution in [0.3, 0.4) is 0 Å². The molecule has 1 aliphatic heterocycles. The molecule has 0 aliphatic carbocycles. The SMILES string of the molecule is O=C1NC(=O)/C(=C\c2ccc(F)cc2OC(F)(F)F)S1. The number of amides is 2. The molecular formula is C11H5F4NO3S. The quantitative estimate of drug-likeness (QED) is 0.674. The molecule has 1 saturated heterocycles. The fraction of sp³-hybridized carbons (Fsp3) is 0.0909. The summed E-state index contributed by atoms with van der Waals surface area (Å²) in [6, 6.07) is 2.47. The van der Waals surface area contributed by atoms with Crippen LogP contribution in [0.25, 0.3) is 6.08 Å². The number of benzene rings is 1.